The van der Waals surface area contributed by atoms with Crippen LogP contribution in [0.5, 0.6) is 5.75 Å². The van der Waals surface area contributed by atoms with Crippen molar-refractivity contribution in [3.8, 4) is 5.75 Å². The van der Waals surface area contributed by atoms with Gasteiger partial charge < -0.3 is 14.2 Å². The lowest BCUT2D eigenvalue weighted by atomic mass is 10.3. The average Bonchev–Trinajstić information content (AvgIpc) is 3.11. The van der Waals surface area contributed by atoms with Gasteiger partial charge in [-0.15, -0.1) is 0 Å². The van der Waals surface area contributed by atoms with Gasteiger partial charge in [-0.3, -0.25) is 9.88 Å². The van der Waals surface area contributed by atoms with Gasteiger partial charge in [-0.1, -0.05) is 5.16 Å². The molecule has 0 aliphatic carbocycles. The summed E-state index contributed by atoms with van der Waals surface area (Å²) in [4.78, 5) is 8.80. The number of rotatable bonds is 6. The lowest BCUT2D eigenvalue weighted by Crippen LogP contribution is -2.24. The molecule has 3 rings (SSSR count). The van der Waals surface area contributed by atoms with Crippen molar-refractivity contribution in [2.45, 2.75) is 25.6 Å². The summed E-state index contributed by atoms with van der Waals surface area (Å²) in [7, 11) is 4.07. The molecule has 1 aliphatic rings. The van der Waals surface area contributed by atoms with Gasteiger partial charge in [0.15, 0.2) is 0 Å². The van der Waals surface area contributed by atoms with E-state index in [1.807, 2.05) is 38.5 Å². The summed E-state index contributed by atoms with van der Waals surface area (Å²) in [5.41, 5.74) is 2.00. The third-order valence-corrected chi connectivity index (χ3v) is 3.67. The summed E-state index contributed by atoms with van der Waals surface area (Å²) in [5.74, 6) is 0.903. The number of hydrogen-bond acceptors (Lipinski definition) is 6. The van der Waals surface area contributed by atoms with Gasteiger partial charge in [0, 0.05) is 44.5 Å². The smallest absolute Gasteiger partial charge is 0.124 e. The first-order valence-corrected chi connectivity index (χ1v) is 7.57. The molecule has 0 amide bonds. The molecule has 0 spiro atoms. The van der Waals surface area contributed by atoms with Crippen LogP contribution in [0.1, 0.15) is 17.8 Å². The fourth-order valence-electron chi connectivity index (χ4n) is 2.72. The average molecular weight is 302 g/mol. The molecule has 1 saturated heterocycles. The summed E-state index contributed by atoms with van der Waals surface area (Å²) in [6, 6.07) is 5.87. The van der Waals surface area contributed by atoms with E-state index in [9.17, 15) is 0 Å². The van der Waals surface area contributed by atoms with Crippen molar-refractivity contribution in [2.24, 2.45) is 0 Å². The first-order valence-electron chi connectivity index (χ1n) is 7.57. The molecular formula is C16H22N4O2. The Morgan fingerprint density at radius 3 is 3.05 bits per heavy atom. The highest BCUT2D eigenvalue weighted by Crippen LogP contribution is 2.20. The van der Waals surface area contributed by atoms with Crippen LogP contribution in [-0.2, 0) is 13.1 Å². The summed E-state index contributed by atoms with van der Waals surface area (Å²) in [6.07, 6.45) is 4.68. The highest BCUT2D eigenvalue weighted by molar-refractivity contribution is 5.23. The van der Waals surface area contributed by atoms with E-state index in [4.69, 9.17) is 9.26 Å². The third-order valence-electron chi connectivity index (χ3n) is 3.67. The van der Waals surface area contributed by atoms with Crippen LogP contribution in [0.15, 0.2) is 35.2 Å². The van der Waals surface area contributed by atoms with Crippen molar-refractivity contribution in [1.82, 2.24) is 19.9 Å². The second-order valence-electron chi connectivity index (χ2n) is 5.98. The maximum absolute atomic E-state index is 6.10. The molecule has 2 aromatic rings. The molecule has 0 bridgehead atoms. The van der Waals surface area contributed by atoms with E-state index in [1.165, 1.54) is 0 Å². The van der Waals surface area contributed by atoms with Gasteiger partial charge in [0.1, 0.15) is 18.1 Å². The SMILES string of the molecule is CN(C)Cc1cc(OC2CCN(Cc3ccon3)C2)ccn1. The monoisotopic (exact) mass is 302 g/mol. The Hall–Kier alpha value is -1.92. The molecule has 6 nitrogen and oxygen atoms in total. The van der Waals surface area contributed by atoms with Crippen molar-refractivity contribution < 1.29 is 9.26 Å². The molecular weight excluding hydrogens is 280 g/mol. The van der Waals surface area contributed by atoms with Gasteiger partial charge in [-0.25, -0.2) is 0 Å². The summed E-state index contributed by atoms with van der Waals surface area (Å²) >= 11 is 0. The fourth-order valence-corrected chi connectivity index (χ4v) is 2.72. The first kappa shape index (κ1) is 15.0. The molecule has 0 aromatic carbocycles. The normalized spacial score (nSPS) is 19.0. The van der Waals surface area contributed by atoms with Crippen LogP contribution in [0, 0.1) is 0 Å². The van der Waals surface area contributed by atoms with Gasteiger partial charge in [0.2, 0.25) is 0 Å². The molecule has 1 atom stereocenters. The third kappa shape index (κ3) is 4.05. The first-order chi connectivity index (χ1) is 10.7. The number of hydrogen-bond donors (Lipinski definition) is 0. The van der Waals surface area contributed by atoms with Gasteiger partial charge in [0.05, 0.1) is 11.4 Å². The second kappa shape index (κ2) is 6.89. The largest absolute Gasteiger partial charge is 0.489 e. The zero-order valence-electron chi connectivity index (χ0n) is 13.1. The standard InChI is InChI=1S/C16H22N4O2/c1-19(2)10-14-9-15(3-6-17-14)22-16-4-7-20(12-16)11-13-5-8-21-18-13/h3,5-6,8-9,16H,4,7,10-12H2,1-2H3. The minimum atomic E-state index is 0.224. The Balaban J connectivity index is 1.53. The molecule has 0 radical (unpaired) electrons. The minimum Gasteiger partial charge on any atom is -0.489 e. The molecule has 22 heavy (non-hydrogen) atoms. The molecule has 2 aromatic heterocycles. The lowest BCUT2D eigenvalue weighted by molar-refractivity contribution is 0.196. The number of likely N-dealkylation sites (tertiary alicyclic amines) is 1. The predicted molar refractivity (Wildman–Crippen MR) is 82.4 cm³/mol. The van der Waals surface area contributed by atoms with Crippen molar-refractivity contribution in [2.75, 3.05) is 27.2 Å². The van der Waals surface area contributed by atoms with E-state index >= 15 is 0 Å². The number of pyridine rings is 1. The van der Waals surface area contributed by atoms with Crippen LogP contribution in [0.2, 0.25) is 0 Å². The van der Waals surface area contributed by atoms with Crippen LogP contribution in [-0.4, -0.2) is 53.2 Å². The lowest BCUT2D eigenvalue weighted by Gasteiger charge is -2.16. The Bertz CT molecular complexity index is 586. The van der Waals surface area contributed by atoms with Crippen molar-refractivity contribution >= 4 is 0 Å². The molecule has 1 unspecified atom stereocenters. The highest BCUT2D eigenvalue weighted by atomic mass is 16.5. The van der Waals surface area contributed by atoms with Gasteiger partial charge in [-0.05, 0) is 26.6 Å². The van der Waals surface area contributed by atoms with Crippen LogP contribution < -0.4 is 4.74 Å². The van der Waals surface area contributed by atoms with Crippen molar-refractivity contribution in [3.05, 3.63) is 42.0 Å². The molecule has 1 fully saturated rings. The summed E-state index contributed by atoms with van der Waals surface area (Å²) in [5, 5.41) is 3.96. The molecule has 6 heteroatoms. The number of aromatic nitrogens is 2. The van der Waals surface area contributed by atoms with E-state index in [2.05, 4.69) is 19.9 Å². The zero-order valence-corrected chi connectivity index (χ0v) is 13.1. The highest BCUT2D eigenvalue weighted by Gasteiger charge is 2.24. The Morgan fingerprint density at radius 2 is 2.27 bits per heavy atom. The van der Waals surface area contributed by atoms with Crippen LogP contribution >= 0.6 is 0 Å². The van der Waals surface area contributed by atoms with Gasteiger partial charge in [-0.2, -0.15) is 0 Å². The molecule has 118 valence electrons. The Morgan fingerprint density at radius 1 is 1.36 bits per heavy atom. The van der Waals surface area contributed by atoms with Crippen molar-refractivity contribution in [3.63, 3.8) is 0 Å². The van der Waals surface area contributed by atoms with Crippen LogP contribution in [0.4, 0.5) is 0 Å². The Kier molecular flexibility index (Phi) is 4.70. The maximum atomic E-state index is 6.10. The molecule has 0 saturated carbocycles. The quantitative estimate of drug-likeness (QED) is 0.811. The van der Waals surface area contributed by atoms with E-state index in [1.54, 1.807) is 6.26 Å². The van der Waals surface area contributed by atoms with Gasteiger partial charge >= 0.3 is 0 Å². The number of nitrogens with zero attached hydrogens (tertiary/aromatic N) is 4. The molecule has 1 aliphatic heterocycles. The van der Waals surface area contributed by atoms with Crippen LogP contribution in [0.25, 0.3) is 0 Å². The Labute approximate surface area is 130 Å². The van der Waals surface area contributed by atoms with Crippen molar-refractivity contribution in [1.29, 1.82) is 0 Å². The van der Waals surface area contributed by atoms with E-state index in [-0.39, 0.29) is 6.10 Å². The van der Waals surface area contributed by atoms with E-state index in [0.29, 0.717) is 0 Å². The summed E-state index contributed by atoms with van der Waals surface area (Å²) in [6.45, 7) is 3.57. The second-order valence-corrected chi connectivity index (χ2v) is 5.98. The summed E-state index contributed by atoms with van der Waals surface area (Å²) < 4.78 is 11.0. The maximum Gasteiger partial charge on any atom is 0.124 e. The topological polar surface area (TPSA) is 54.6 Å². The van der Waals surface area contributed by atoms with Gasteiger partial charge in [0.25, 0.3) is 0 Å². The molecule has 0 N–H and O–H groups in total. The molecule has 3 heterocycles. The number of ether oxygens (including phenoxy) is 1. The minimum absolute atomic E-state index is 0.224. The predicted octanol–water partition coefficient (Wildman–Crippen LogP) is 1.78. The fraction of sp³-hybridized carbons (Fsp3) is 0.500. The van der Waals surface area contributed by atoms with Crippen LogP contribution in [0.3, 0.4) is 0 Å². The van der Waals surface area contributed by atoms with E-state index in [0.717, 1.165) is 49.7 Å². The van der Waals surface area contributed by atoms with E-state index < -0.39 is 0 Å². The zero-order chi connectivity index (χ0) is 15.4.